The van der Waals surface area contributed by atoms with Crippen LogP contribution in [0, 0.1) is 17.2 Å². The van der Waals surface area contributed by atoms with Gasteiger partial charge < -0.3 is 14.5 Å². The SMILES string of the molecule is CCCCN1CCC(c2ccc(N(C)C)cc2)C(COc2cccc(C#N)c2)C1. The molecule has 154 valence electrons. The molecular formula is C25H33N3O. The van der Waals surface area contributed by atoms with Gasteiger partial charge in [-0.2, -0.15) is 5.26 Å². The molecule has 0 spiro atoms. The third-order valence-electron chi connectivity index (χ3n) is 5.91. The van der Waals surface area contributed by atoms with E-state index in [1.807, 2.05) is 24.3 Å². The van der Waals surface area contributed by atoms with Gasteiger partial charge in [-0.25, -0.2) is 0 Å². The maximum Gasteiger partial charge on any atom is 0.120 e. The van der Waals surface area contributed by atoms with Crippen LogP contribution in [-0.4, -0.2) is 45.2 Å². The molecular weight excluding hydrogens is 358 g/mol. The fourth-order valence-corrected chi connectivity index (χ4v) is 4.18. The number of piperidine rings is 1. The average molecular weight is 392 g/mol. The van der Waals surface area contributed by atoms with E-state index >= 15 is 0 Å². The zero-order valence-electron chi connectivity index (χ0n) is 18.0. The van der Waals surface area contributed by atoms with E-state index in [-0.39, 0.29) is 0 Å². The molecule has 2 atom stereocenters. The molecule has 0 saturated carbocycles. The number of ether oxygens (including phenoxy) is 1. The van der Waals surface area contributed by atoms with Gasteiger partial charge in [-0.05, 0) is 67.7 Å². The minimum atomic E-state index is 0.441. The van der Waals surface area contributed by atoms with Crippen LogP contribution in [0.5, 0.6) is 5.75 Å². The van der Waals surface area contributed by atoms with E-state index in [4.69, 9.17) is 10.00 Å². The number of rotatable bonds is 8. The summed E-state index contributed by atoms with van der Waals surface area (Å²) in [6, 6.07) is 18.7. The van der Waals surface area contributed by atoms with Crippen molar-refractivity contribution in [3.63, 3.8) is 0 Å². The summed E-state index contributed by atoms with van der Waals surface area (Å²) in [5.74, 6) is 1.73. The van der Waals surface area contributed by atoms with E-state index in [0.717, 1.165) is 25.3 Å². The first-order valence-corrected chi connectivity index (χ1v) is 10.7. The standard InChI is InChI=1S/C25H33N3O/c1-4-5-14-28-15-13-25(21-9-11-23(12-10-21)27(2)3)22(18-28)19-29-24-8-6-7-20(16-24)17-26/h6-12,16,22,25H,4-5,13-15,18-19H2,1-3H3. The van der Waals surface area contributed by atoms with Crippen LogP contribution in [0.25, 0.3) is 0 Å². The average Bonchev–Trinajstić information content (AvgIpc) is 2.76. The molecule has 4 nitrogen and oxygen atoms in total. The summed E-state index contributed by atoms with van der Waals surface area (Å²) in [6.07, 6.45) is 3.64. The van der Waals surface area contributed by atoms with E-state index in [0.29, 0.717) is 24.0 Å². The summed E-state index contributed by atoms with van der Waals surface area (Å²) >= 11 is 0. The molecule has 4 heteroatoms. The van der Waals surface area contributed by atoms with Gasteiger partial charge in [-0.3, -0.25) is 0 Å². The number of nitrogens with zero attached hydrogens (tertiary/aromatic N) is 3. The Morgan fingerprint density at radius 1 is 1.17 bits per heavy atom. The van der Waals surface area contributed by atoms with Crippen LogP contribution >= 0.6 is 0 Å². The number of benzene rings is 2. The molecule has 29 heavy (non-hydrogen) atoms. The fraction of sp³-hybridized carbons (Fsp3) is 0.480. The summed E-state index contributed by atoms with van der Waals surface area (Å²) in [6.45, 7) is 6.32. The Morgan fingerprint density at radius 2 is 1.97 bits per heavy atom. The van der Waals surface area contributed by atoms with Crippen molar-refractivity contribution in [3.05, 3.63) is 59.7 Å². The molecule has 0 radical (unpaired) electrons. The molecule has 1 heterocycles. The molecule has 2 unspecified atom stereocenters. The quantitative estimate of drug-likeness (QED) is 0.641. The van der Waals surface area contributed by atoms with Gasteiger partial charge in [0.1, 0.15) is 5.75 Å². The van der Waals surface area contributed by atoms with Crippen molar-refractivity contribution < 1.29 is 4.74 Å². The van der Waals surface area contributed by atoms with E-state index < -0.39 is 0 Å². The van der Waals surface area contributed by atoms with Crippen molar-refractivity contribution in [1.82, 2.24) is 4.90 Å². The van der Waals surface area contributed by atoms with Crippen LogP contribution in [0.1, 0.15) is 43.2 Å². The van der Waals surface area contributed by atoms with Gasteiger partial charge in [0, 0.05) is 32.2 Å². The Labute approximate surface area is 175 Å². The zero-order chi connectivity index (χ0) is 20.6. The lowest BCUT2D eigenvalue weighted by molar-refractivity contribution is 0.110. The van der Waals surface area contributed by atoms with Gasteiger partial charge in [0.15, 0.2) is 0 Å². The molecule has 2 aromatic rings. The predicted octanol–water partition coefficient (Wildman–Crippen LogP) is 4.91. The Morgan fingerprint density at radius 3 is 2.66 bits per heavy atom. The topological polar surface area (TPSA) is 39.5 Å². The lowest BCUT2D eigenvalue weighted by Crippen LogP contribution is -2.42. The first-order chi connectivity index (χ1) is 14.1. The van der Waals surface area contributed by atoms with E-state index in [1.165, 1.54) is 30.6 Å². The fourth-order valence-electron chi connectivity index (χ4n) is 4.18. The second-order valence-corrected chi connectivity index (χ2v) is 8.25. The Hall–Kier alpha value is -2.51. The molecule has 2 aromatic carbocycles. The minimum absolute atomic E-state index is 0.441. The van der Waals surface area contributed by atoms with Crippen LogP contribution in [0.4, 0.5) is 5.69 Å². The predicted molar refractivity (Wildman–Crippen MR) is 120 cm³/mol. The van der Waals surface area contributed by atoms with Gasteiger partial charge >= 0.3 is 0 Å². The Bertz CT molecular complexity index is 810. The number of anilines is 1. The largest absolute Gasteiger partial charge is 0.493 e. The first-order valence-electron chi connectivity index (χ1n) is 10.7. The zero-order valence-corrected chi connectivity index (χ0v) is 18.0. The molecule has 0 amide bonds. The van der Waals surface area contributed by atoms with Crippen LogP contribution < -0.4 is 9.64 Å². The van der Waals surface area contributed by atoms with Crippen LogP contribution in [-0.2, 0) is 0 Å². The summed E-state index contributed by atoms with van der Waals surface area (Å²) in [4.78, 5) is 4.73. The normalized spacial score (nSPS) is 19.5. The third-order valence-corrected chi connectivity index (χ3v) is 5.91. The highest BCUT2D eigenvalue weighted by Crippen LogP contribution is 2.34. The van der Waals surface area contributed by atoms with Crippen molar-refractivity contribution in [2.75, 3.05) is 45.2 Å². The number of likely N-dealkylation sites (tertiary alicyclic amines) is 1. The molecule has 1 aliphatic rings. The molecule has 1 aliphatic heterocycles. The smallest absolute Gasteiger partial charge is 0.120 e. The highest BCUT2D eigenvalue weighted by Gasteiger charge is 2.30. The van der Waals surface area contributed by atoms with E-state index in [1.54, 1.807) is 0 Å². The highest BCUT2D eigenvalue weighted by atomic mass is 16.5. The lowest BCUT2D eigenvalue weighted by Gasteiger charge is -2.39. The number of nitriles is 1. The monoisotopic (exact) mass is 391 g/mol. The summed E-state index contributed by atoms with van der Waals surface area (Å²) < 4.78 is 6.17. The van der Waals surface area contributed by atoms with Crippen molar-refractivity contribution >= 4 is 5.69 Å². The third kappa shape index (κ3) is 5.74. The molecule has 0 bridgehead atoms. The van der Waals surface area contributed by atoms with Crippen molar-refractivity contribution in [3.8, 4) is 11.8 Å². The van der Waals surface area contributed by atoms with Gasteiger partial charge in [0.05, 0.1) is 18.2 Å². The van der Waals surface area contributed by atoms with Gasteiger partial charge in [0.25, 0.3) is 0 Å². The van der Waals surface area contributed by atoms with Crippen molar-refractivity contribution in [1.29, 1.82) is 5.26 Å². The van der Waals surface area contributed by atoms with Crippen LogP contribution in [0.3, 0.4) is 0 Å². The number of unbranched alkanes of at least 4 members (excludes halogenated alkanes) is 1. The highest BCUT2D eigenvalue weighted by molar-refractivity contribution is 5.46. The Kier molecular flexibility index (Phi) is 7.55. The molecule has 1 fully saturated rings. The second-order valence-electron chi connectivity index (χ2n) is 8.25. The maximum atomic E-state index is 9.13. The van der Waals surface area contributed by atoms with Gasteiger partial charge in [-0.1, -0.05) is 31.5 Å². The second kappa shape index (κ2) is 10.3. The molecule has 0 aromatic heterocycles. The van der Waals surface area contributed by atoms with Crippen molar-refractivity contribution in [2.24, 2.45) is 5.92 Å². The van der Waals surface area contributed by atoms with E-state index in [2.05, 4.69) is 61.2 Å². The molecule has 1 saturated heterocycles. The molecule has 3 rings (SSSR count). The lowest BCUT2D eigenvalue weighted by atomic mass is 9.80. The number of hydrogen-bond acceptors (Lipinski definition) is 4. The summed E-state index contributed by atoms with van der Waals surface area (Å²) in [7, 11) is 4.15. The Balaban J connectivity index is 1.73. The summed E-state index contributed by atoms with van der Waals surface area (Å²) in [5.41, 5.74) is 3.28. The van der Waals surface area contributed by atoms with Gasteiger partial charge in [-0.15, -0.1) is 0 Å². The maximum absolute atomic E-state index is 9.13. The number of hydrogen-bond donors (Lipinski definition) is 0. The van der Waals surface area contributed by atoms with E-state index in [9.17, 15) is 0 Å². The first kappa shape index (κ1) is 21.2. The minimum Gasteiger partial charge on any atom is -0.493 e. The molecule has 0 aliphatic carbocycles. The van der Waals surface area contributed by atoms with Crippen molar-refractivity contribution in [2.45, 2.75) is 32.1 Å². The summed E-state index contributed by atoms with van der Waals surface area (Å²) in [5, 5.41) is 9.13. The van der Waals surface area contributed by atoms with Crippen LogP contribution in [0.15, 0.2) is 48.5 Å². The molecule has 0 N–H and O–H groups in total. The van der Waals surface area contributed by atoms with Gasteiger partial charge in [0.2, 0.25) is 0 Å². The van der Waals surface area contributed by atoms with Crippen LogP contribution in [0.2, 0.25) is 0 Å².